The summed E-state index contributed by atoms with van der Waals surface area (Å²) in [6.45, 7) is 4.89. The average Bonchev–Trinajstić information content (AvgIpc) is 2.92. The van der Waals surface area contributed by atoms with Crippen LogP contribution in [0.5, 0.6) is 11.5 Å². The van der Waals surface area contributed by atoms with Crippen molar-refractivity contribution in [1.29, 1.82) is 0 Å². The van der Waals surface area contributed by atoms with Crippen molar-refractivity contribution >= 4 is 17.6 Å². The maximum absolute atomic E-state index is 12.4. The van der Waals surface area contributed by atoms with Gasteiger partial charge in [-0.1, -0.05) is 0 Å². The highest BCUT2D eigenvalue weighted by atomic mass is 16.5. The van der Waals surface area contributed by atoms with Crippen LogP contribution >= 0.6 is 0 Å². The van der Waals surface area contributed by atoms with Crippen molar-refractivity contribution in [3.05, 3.63) is 18.2 Å². The van der Waals surface area contributed by atoms with Crippen molar-refractivity contribution in [3.63, 3.8) is 0 Å². The number of hydrogen-bond donors (Lipinski definition) is 2. The summed E-state index contributed by atoms with van der Waals surface area (Å²) < 4.78 is 11.4. The zero-order chi connectivity index (χ0) is 19.1. The Morgan fingerprint density at radius 2 is 2.04 bits per heavy atom. The van der Waals surface area contributed by atoms with E-state index in [9.17, 15) is 4.79 Å². The molecule has 1 atom stereocenters. The molecule has 0 spiro atoms. The van der Waals surface area contributed by atoms with Gasteiger partial charge in [-0.2, -0.15) is 0 Å². The third-order valence-electron chi connectivity index (χ3n) is 4.99. The second-order valence-electron chi connectivity index (χ2n) is 7.02. The fraction of sp³-hybridized carbons (Fsp3) is 0.600. The number of aliphatic imine (C=N–C) groups is 1. The van der Waals surface area contributed by atoms with Crippen molar-refractivity contribution in [3.8, 4) is 11.5 Å². The maximum atomic E-state index is 12.4. The van der Waals surface area contributed by atoms with Crippen LogP contribution in [0.25, 0.3) is 0 Å². The largest absolute Gasteiger partial charge is 0.490 e. The number of likely N-dealkylation sites (tertiary alicyclic amines) is 1. The number of fused-ring (bicyclic) bond motifs is 1. The number of guanidine groups is 1. The Balaban J connectivity index is 1.49. The average molecular weight is 374 g/mol. The van der Waals surface area contributed by atoms with Gasteiger partial charge in [0.2, 0.25) is 5.91 Å². The van der Waals surface area contributed by atoms with E-state index in [0.717, 1.165) is 43.0 Å². The van der Waals surface area contributed by atoms with Crippen molar-refractivity contribution in [2.75, 3.05) is 38.7 Å². The number of carbonyl (C=O) groups is 1. The van der Waals surface area contributed by atoms with E-state index in [2.05, 4.69) is 22.5 Å². The normalized spacial score (nSPS) is 20.0. The lowest BCUT2D eigenvalue weighted by molar-refractivity contribution is -0.134. The number of nitrogens with zero attached hydrogens (tertiary/aromatic N) is 2. The molecule has 0 aromatic heterocycles. The monoisotopic (exact) mass is 374 g/mol. The zero-order valence-electron chi connectivity index (χ0n) is 16.3. The summed E-state index contributed by atoms with van der Waals surface area (Å²) in [5.74, 6) is 2.34. The van der Waals surface area contributed by atoms with Crippen LogP contribution in [-0.4, -0.2) is 56.2 Å². The molecule has 27 heavy (non-hydrogen) atoms. The van der Waals surface area contributed by atoms with Crippen LogP contribution < -0.4 is 20.1 Å². The first-order valence-corrected chi connectivity index (χ1v) is 9.84. The van der Waals surface area contributed by atoms with Crippen LogP contribution in [-0.2, 0) is 4.79 Å². The van der Waals surface area contributed by atoms with Gasteiger partial charge < -0.3 is 25.0 Å². The fourth-order valence-electron chi connectivity index (χ4n) is 3.46. The molecule has 148 valence electrons. The predicted molar refractivity (Wildman–Crippen MR) is 107 cm³/mol. The molecule has 2 heterocycles. The molecular formula is C20H30N4O3. The third-order valence-corrected chi connectivity index (χ3v) is 4.99. The van der Waals surface area contributed by atoms with Gasteiger partial charge >= 0.3 is 0 Å². The van der Waals surface area contributed by atoms with Crippen LogP contribution in [0, 0.1) is 0 Å². The Bertz CT molecular complexity index is 677. The first kappa shape index (κ1) is 19.3. The number of ether oxygens (including phenoxy) is 2. The second-order valence-corrected chi connectivity index (χ2v) is 7.02. The number of nitrogens with one attached hydrogen (secondary N) is 2. The maximum Gasteiger partial charge on any atom is 0.224 e. The van der Waals surface area contributed by atoms with Gasteiger partial charge in [-0.15, -0.1) is 0 Å². The highest BCUT2D eigenvalue weighted by Gasteiger charge is 2.22. The number of rotatable bonds is 4. The van der Waals surface area contributed by atoms with Gasteiger partial charge in [0.1, 0.15) is 0 Å². The number of amides is 1. The standard InChI is InChI=1S/C20H30N4O3/c1-15-6-3-4-11-24(15)19(25)9-10-22-20(21-2)23-16-7-8-17-18(14-16)27-13-5-12-26-17/h7-8,14-15H,3-6,9-13H2,1-2H3,(H2,21,22,23). The number of piperidine rings is 1. The Hall–Kier alpha value is -2.44. The number of anilines is 1. The molecule has 2 aliphatic rings. The first-order valence-electron chi connectivity index (χ1n) is 9.84. The third kappa shape index (κ3) is 5.28. The van der Waals surface area contributed by atoms with Crippen molar-refractivity contribution in [2.45, 2.75) is 45.1 Å². The summed E-state index contributed by atoms with van der Waals surface area (Å²) in [6.07, 6.45) is 4.77. The number of benzene rings is 1. The van der Waals surface area contributed by atoms with E-state index < -0.39 is 0 Å². The summed E-state index contributed by atoms with van der Waals surface area (Å²) in [7, 11) is 1.72. The van der Waals surface area contributed by atoms with E-state index in [1.54, 1.807) is 7.05 Å². The summed E-state index contributed by atoms with van der Waals surface area (Å²) >= 11 is 0. The minimum absolute atomic E-state index is 0.209. The van der Waals surface area contributed by atoms with Gasteiger partial charge in [-0.05, 0) is 38.3 Å². The molecular weight excluding hydrogens is 344 g/mol. The molecule has 3 rings (SSSR count). The molecule has 1 unspecified atom stereocenters. The highest BCUT2D eigenvalue weighted by molar-refractivity contribution is 5.94. The Kier molecular flexibility index (Phi) is 6.79. The molecule has 0 bridgehead atoms. The van der Waals surface area contributed by atoms with E-state index in [1.807, 2.05) is 23.1 Å². The smallest absolute Gasteiger partial charge is 0.224 e. The molecule has 2 N–H and O–H groups in total. The summed E-state index contributed by atoms with van der Waals surface area (Å²) in [4.78, 5) is 18.7. The Morgan fingerprint density at radius 3 is 2.81 bits per heavy atom. The van der Waals surface area contributed by atoms with E-state index in [4.69, 9.17) is 9.47 Å². The van der Waals surface area contributed by atoms with Gasteiger partial charge in [0.15, 0.2) is 17.5 Å². The molecule has 1 aromatic rings. The SMILES string of the molecule is CN=C(NCCC(=O)N1CCCCC1C)Nc1ccc2c(c1)OCCCO2. The van der Waals surface area contributed by atoms with E-state index in [1.165, 1.54) is 6.42 Å². The number of carbonyl (C=O) groups excluding carboxylic acids is 1. The lowest BCUT2D eigenvalue weighted by Crippen LogP contribution is -2.43. The van der Waals surface area contributed by atoms with Crippen LogP contribution in [0.3, 0.4) is 0 Å². The molecule has 1 amide bonds. The van der Waals surface area contributed by atoms with Gasteiger partial charge in [-0.3, -0.25) is 9.79 Å². The van der Waals surface area contributed by atoms with E-state index >= 15 is 0 Å². The summed E-state index contributed by atoms with van der Waals surface area (Å²) in [6, 6.07) is 6.09. The lowest BCUT2D eigenvalue weighted by Gasteiger charge is -2.33. The fourth-order valence-corrected chi connectivity index (χ4v) is 3.46. The summed E-state index contributed by atoms with van der Waals surface area (Å²) in [5, 5.41) is 6.45. The first-order chi connectivity index (χ1) is 13.2. The molecule has 1 fully saturated rings. The van der Waals surface area contributed by atoms with Gasteiger partial charge in [-0.25, -0.2) is 0 Å². The zero-order valence-corrected chi connectivity index (χ0v) is 16.3. The molecule has 0 radical (unpaired) electrons. The summed E-state index contributed by atoms with van der Waals surface area (Å²) in [5.41, 5.74) is 0.864. The van der Waals surface area contributed by atoms with Gasteiger partial charge in [0.25, 0.3) is 0 Å². The molecule has 0 aliphatic carbocycles. The van der Waals surface area contributed by atoms with Crippen LogP contribution in [0.1, 0.15) is 39.0 Å². The second kappa shape index (κ2) is 9.48. The van der Waals surface area contributed by atoms with Crippen molar-refractivity contribution in [2.24, 2.45) is 4.99 Å². The topological polar surface area (TPSA) is 75.2 Å². The molecule has 1 aromatic carbocycles. The van der Waals surface area contributed by atoms with E-state index in [0.29, 0.717) is 38.2 Å². The molecule has 0 saturated carbocycles. The van der Waals surface area contributed by atoms with Crippen LogP contribution in [0.4, 0.5) is 5.69 Å². The molecule has 7 nitrogen and oxygen atoms in total. The lowest BCUT2D eigenvalue weighted by atomic mass is 10.0. The minimum Gasteiger partial charge on any atom is -0.490 e. The number of hydrogen-bond acceptors (Lipinski definition) is 4. The van der Waals surface area contributed by atoms with Crippen molar-refractivity contribution in [1.82, 2.24) is 10.2 Å². The minimum atomic E-state index is 0.209. The molecule has 1 saturated heterocycles. The predicted octanol–water partition coefficient (Wildman–Crippen LogP) is 2.63. The van der Waals surface area contributed by atoms with Gasteiger partial charge in [0.05, 0.1) is 13.2 Å². The van der Waals surface area contributed by atoms with E-state index in [-0.39, 0.29) is 5.91 Å². The van der Waals surface area contributed by atoms with Crippen LogP contribution in [0.2, 0.25) is 0 Å². The Labute approximate surface area is 161 Å². The highest BCUT2D eigenvalue weighted by Crippen LogP contribution is 2.32. The van der Waals surface area contributed by atoms with Crippen LogP contribution in [0.15, 0.2) is 23.2 Å². The quantitative estimate of drug-likeness (QED) is 0.626. The molecule has 2 aliphatic heterocycles. The molecule has 7 heteroatoms. The Morgan fingerprint density at radius 1 is 1.22 bits per heavy atom. The van der Waals surface area contributed by atoms with Crippen molar-refractivity contribution < 1.29 is 14.3 Å². The van der Waals surface area contributed by atoms with Gasteiger partial charge in [0, 0.05) is 50.8 Å².